The smallest absolute Gasteiger partial charge is 0.258 e. The van der Waals surface area contributed by atoms with Crippen LogP contribution in [0.4, 0.5) is 5.13 Å². The molecular weight excluding hydrogens is 496 g/mol. The van der Waals surface area contributed by atoms with Crippen molar-refractivity contribution in [2.75, 3.05) is 16.8 Å². The van der Waals surface area contributed by atoms with Crippen molar-refractivity contribution >= 4 is 73.2 Å². The molecule has 6 nitrogen and oxygen atoms in total. The van der Waals surface area contributed by atoms with Crippen LogP contribution >= 0.6 is 46.0 Å². The zero-order valence-corrected chi connectivity index (χ0v) is 20.6. The second-order valence-corrected chi connectivity index (χ2v) is 10.1. The minimum absolute atomic E-state index is 0.101. The number of carbonyl (C=O) groups is 2. The summed E-state index contributed by atoms with van der Waals surface area (Å²) in [6.45, 7) is 4.31. The first-order valence-corrected chi connectivity index (χ1v) is 13.1. The molecule has 2 amide bonds. The summed E-state index contributed by atoms with van der Waals surface area (Å²) in [5.41, 5.74) is 2.75. The number of hydrogen-bond donors (Lipinski definition) is 1. The Kier molecular flexibility index (Phi) is 7.77. The van der Waals surface area contributed by atoms with Gasteiger partial charge >= 0.3 is 0 Å². The molecule has 1 N–H and O–H groups in total. The predicted molar refractivity (Wildman–Crippen MR) is 139 cm³/mol. The summed E-state index contributed by atoms with van der Waals surface area (Å²) in [6, 6.07) is 15.3. The molecule has 33 heavy (non-hydrogen) atoms. The fourth-order valence-electron chi connectivity index (χ4n) is 3.04. The summed E-state index contributed by atoms with van der Waals surface area (Å²) in [5.74, 6) is -0.274. The van der Waals surface area contributed by atoms with Crippen molar-refractivity contribution in [1.82, 2.24) is 9.55 Å². The van der Waals surface area contributed by atoms with Gasteiger partial charge in [0.1, 0.15) is 0 Å². The summed E-state index contributed by atoms with van der Waals surface area (Å²) in [7, 11) is 0. The second-order valence-electron chi connectivity index (χ2n) is 6.85. The van der Waals surface area contributed by atoms with Gasteiger partial charge in [-0.05, 0) is 18.2 Å². The number of thioether (sulfide) groups is 1. The summed E-state index contributed by atoms with van der Waals surface area (Å²) < 4.78 is 2.87. The third-order valence-corrected chi connectivity index (χ3v) is 7.41. The molecule has 0 radical (unpaired) electrons. The maximum absolute atomic E-state index is 12.4. The van der Waals surface area contributed by atoms with Crippen molar-refractivity contribution in [1.29, 1.82) is 0 Å². The molecule has 0 spiro atoms. The summed E-state index contributed by atoms with van der Waals surface area (Å²) in [5, 5.41) is 5.85. The van der Waals surface area contributed by atoms with Crippen LogP contribution in [0.2, 0.25) is 5.02 Å². The minimum atomic E-state index is -0.302. The molecule has 2 heterocycles. The van der Waals surface area contributed by atoms with Crippen LogP contribution in [-0.2, 0) is 16.1 Å². The normalized spacial score (nSPS) is 11.6. The van der Waals surface area contributed by atoms with E-state index in [4.69, 9.17) is 11.6 Å². The molecule has 0 aliphatic heterocycles. The van der Waals surface area contributed by atoms with E-state index in [1.54, 1.807) is 6.08 Å². The van der Waals surface area contributed by atoms with Crippen LogP contribution in [0.1, 0.15) is 0 Å². The first kappa shape index (κ1) is 23.4. The lowest BCUT2D eigenvalue weighted by Gasteiger charge is -2.02. The minimum Gasteiger partial charge on any atom is -0.313 e. The van der Waals surface area contributed by atoms with Gasteiger partial charge in [0, 0.05) is 22.5 Å². The Morgan fingerprint density at radius 3 is 2.82 bits per heavy atom. The molecule has 0 bridgehead atoms. The lowest BCUT2D eigenvalue weighted by molar-refractivity contribution is -0.115. The SMILES string of the molecule is C=CCn1c(=NC(=O)CSCC(=O)Nc2nc(-c3ccccc3)cs2)sc2cc(Cl)ccc21. The van der Waals surface area contributed by atoms with E-state index < -0.39 is 0 Å². The van der Waals surface area contributed by atoms with Crippen molar-refractivity contribution in [2.45, 2.75) is 6.54 Å². The number of carbonyl (C=O) groups excluding carboxylic acids is 2. The van der Waals surface area contributed by atoms with Crippen LogP contribution in [0.3, 0.4) is 0 Å². The number of allylic oxidation sites excluding steroid dienone is 1. The zero-order chi connectivity index (χ0) is 23.2. The van der Waals surface area contributed by atoms with E-state index in [0.29, 0.717) is 21.5 Å². The molecule has 0 fully saturated rings. The van der Waals surface area contributed by atoms with Gasteiger partial charge in [0.25, 0.3) is 5.91 Å². The van der Waals surface area contributed by atoms with Crippen molar-refractivity contribution < 1.29 is 9.59 Å². The molecule has 2 aromatic carbocycles. The first-order valence-electron chi connectivity index (χ1n) is 9.89. The highest BCUT2D eigenvalue weighted by Gasteiger charge is 2.11. The standard InChI is InChI=1S/C23H19ClN4O2S3/c1-2-10-28-18-9-8-16(24)11-19(18)33-23(28)27-21(30)14-31-13-20(29)26-22-25-17(12-32-22)15-6-4-3-5-7-15/h2-9,11-12H,1,10,13-14H2,(H,25,26,29). The number of aromatic nitrogens is 2. The average Bonchev–Trinajstić information content (AvgIpc) is 3.39. The van der Waals surface area contributed by atoms with Crippen molar-refractivity contribution in [3.63, 3.8) is 0 Å². The molecule has 4 rings (SSSR count). The highest BCUT2D eigenvalue weighted by atomic mass is 35.5. The third-order valence-electron chi connectivity index (χ3n) is 4.46. The Morgan fingerprint density at radius 2 is 2.03 bits per heavy atom. The van der Waals surface area contributed by atoms with Gasteiger partial charge in [-0.3, -0.25) is 9.59 Å². The third kappa shape index (κ3) is 6.00. The van der Waals surface area contributed by atoms with Crippen LogP contribution in [0.15, 0.2) is 71.6 Å². The fourth-order valence-corrected chi connectivity index (χ4v) is 5.70. The predicted octanol–water partition coefficient (Wildman–Crippen LogP) is 5.46. The van der Waals surface area contributed by atoms with Gasteiger partial charge in [0.2, 0.25) is 5.91 Å². The van der Waals surface area contributed by atoms with Gasteiger partial charge in [-0.25, -0.2) is 4.98 Å². The highest BCUT2D eigenvalue weighted by Crippen LogP contribution is 2.25. The molecule has 2 aromatic heterocycles. The number of nitrogens with zero attached hydrogens (tertiary/aromatic N) is 3. The average molecular weight is 515 g/mol. The van der Waals surface area contributed by atoms with Crippen LogP contribution in [0.5, 0.6) is 0 Å². The summed E-state index contributed by atoms with van der Waals surface area (Å²) in [6.07, 6.45) is 1.76. The van der Waals surface area contributed by atoms with Gasteiger partial charge in [-0.1, -0.05) is 59.3 Å². The van der Waals surface area contributed by atoms with Gasteiger partial charge in [-0.15, -0.1) is 29.7 Å². The van der Waals surface area contributed by atoms with Gasteiger partial charge in [0.05, 0.1) is 27.4 Å². The van der Waals surface area contributed by atoms with Gasteiger partial charge in [-0.2, -0.15) is 4.99 Å². The number of amides is 2. The largest absolute Gasteiger partial charge is 0.313 e. The Labute approximate surface area is 207 Å². The maximum atomic E-state index is 12.4. The number of rotatable bonds is 8. The molecule has 0 saturated carbocycles. The van der Waals surface area contributed by atoms with Crippen LogP contribution in [-0.4, -0.2) is 32.9 Å². The number of anilines is 1. The molecule has 0 aliphatic rings. The van der Waals surface area contributed by atoms with Crippen molar-refractivity contribution in [3.8, 4) is 11.3 Å². The van der Waals surface area contributed by atoms with E-state index in [2.05, 4.69) is 21.9 Å². The van der Waals surface area contributed by atoms with E-state index in [0.717, 1.165) is 21.5 Å². The topological polar surface area (TPSA) is 76.3 Å². The summed E-state index contributed by atoms with van der Waals surface area (Å²) >= 11 is 10.1. The lowest BCUT2D eigenvalue weighted by Crippen LogP contribution is -2.18. The molecule has 4 aromatic rings. The van der Waals surface area contributed by atoms with Crippen molar-refractivity contribution in [2.24, 2.45) is 4.99 Å². The number of fused-ring (bicyclic) bond motifs is 1. The Hall–Kier alpha value is -2.72. The van der Waals surface area contributed by atoms with Crippen molar-refractivity contribution in [3.05, 3.63) is 76.4 Å². The van der Waals surface area contributed by atoms with Crippen LogP contribution in [0, 0.1) is 0 Å². The fraction of sp³-hybridized carbons (Fsp3) is 0.130. The number of thiazole rings is 2. The quantitative estimate of drug-likeness (QED) is 0.316. The Morgan fingerprint density at radius 1 is 1.21 bits per heavy atom. The maximum Gasteiger partial charge on any atom is 0.258 e. The molecular formula is C23H19ClN4O2S3. The second kappa shape index (κ2) is 10.9. The molecule has 0 aliphatic carbocycles. The van der Waals surface area contributed by atoms with E-state index in [9.17, 15) is 9.59 Å². The number of halogens is 1. The Balaban J connectivity index is 1.34. The summed E-state index contributed by atoms with van der Waals surface area (Å²) in [4.78, 5) is 34.0. The highest BCUT2D eigenvalue weighted by molar-refractivity contribution is 8.00. The van der Waals surface area contributed by atoms with Gasteiger partial charge < -0.3 is 9.88 Å². The van der Waals surface area contributed by atoms with Gasteiger partial charge in [0.15, 0.2) is 9.93 Å². The van der Waals surface area contributed by atoms with Crippen LogP contribution < -0.4 is 10.1 Å². The Bertz CT molecular complexity index is 1380. The molecule has 0 saturated heterocycles. The van der Waals surface area contributed by atoms with E-state index >= 15 is 0 Å². The van der Waals surface area contributed by atoms with E-state index in [1.807, 2.05) is 58.5 Å². The monoisotopic (exact) mass is 514 g/mol. The van der Waals surface area contributed by atoms with Crippen LogP contribution in [0.25, 0.3) is 21.5 Å². The first-order chi connectivity index (χ1) is 16.0. The number of nitrogens with one attached hydrogen (secondary N) is 1. The number of hydrogen-bond acceptors (Lipinski definition) is 6. The molecule has 0 atom stereocenters. The number of benzene rings is 2. The van der Waals surface area contributed by atoms with E-state index in [-0.39, 0.29) is 23.3 Å². The molecule has 10 heteroatoms. The molecule has 0 unspecified atom stereocenters. The van der Waals surface area contributed by atoms with E-state index in [1.165, 1.54) is 34.4 Å². The lowest BCUT2D eigenvalue weighted by atomic mass is 10.2. The zero-order valence-electron chi connectivity index (χ0n) is 17.4. The molecule has 168 valence electrons.